The van der Waals surface area contributed by atoms with Crippen LogP contribution in [0.3, 0.4) is 0 Å². The Bertz CT molecular complexity index is 987. The number of carbonyl (C=O) groups is 1. The summed E-state index contributed by atoms with van der Waals surface area (Å²) in [5.41, 5.74) is 1.98. The maximum absolute atomic E-state index is 13.1. The standard InChI is InChI=1S/C26H35NO4/c1-15-8-7-9-18(16(15)2)27-25(29)24-17(3)22-20(30-24)10-11-21-23(22)19(28)14-26(31-21)12-5-4-6-13-26/h10-11,15-16,18-19,28H,4-9,12-14H2,1-3H3,(H,27,29)/t15-,16+,18+,19-/m0/s1. The van der Waals surface area contributed by atoms with E-state index in [0.717, 1.165) is 60.8 Å². The number of ether oxygens (including phenoxy) is 1. The van der Waals surface area contributed by atoms with E-state index in [1.165, 1.54) is 12.8 Å². The van der Waals surface area contributed by atoms with Gasteiger partial charge in [0.1, 0.15) is 16.9 Å². The molecule has 2 aliphatic carbocycles. The lowest BCUT2D eigenvalue weighted by Gasteiger charge is -2.43. The number of nitrogens with one attached hydrogen (secondary N) is 1. The Kier molecular flexibility index (Phi) is 5.28. The van der Waals surface area contributed by atoms with Gasteiger partial charge in [-0.05, 0) is 63.0 Å². The van der Waals surface area contributed by atoms with Gasteiger partial charge in [-0.1, -0.05) is 33.1 Å². The molecule has 3 aliphatic rings. The number of amides is 1. The second kappa shape index (κ2) is 7.84. The average molecular weight is 426 g/mol. The zero-order chi connectivity index (χ0) is 21.8. The normalized spacial score (nSPS) is 30.1. The summed E-state index contributed by atoms with van der Waals surface area (Å²) in [4.78, 5) is 13.1. The molecule has 0 unspecified atom stereocenters. The summed E-state index contributed by atoms with van der Waals surface area (Å²) in [6.45, 7) is 6.42. The molecule has 0 saturated heterocycles. The Labute approximate surface area is 184 Å². The van der Waals surface area contributed by atoms with Gasteiger partial charge < -0.3 is 19.6 Å². The predicted octanol–water partition coefficient (Wildman–Crippen LogP) is 5.81. The van der Waals surface area contributed by atoms with Crippen molar-refractivity contribution >= 4 is 16.9 Å². The second-order valence-electron chi connectivity index (χ2n) is 10.3. The summed E-state index contributed by atoms with van der Waals surface area (Å²) in [6.07, 6.45) is 8.94. The highest BCUT2D eigenvalue weighted by atomic mass is 16.5. The molecule has 0 bridgehead atoms. The van der Waals surface area contributed by atoms with E-state index in [-0.39, 0.29) is 17.6 Å². The summed E-state index contributed by atoms with van der Waals surface area (Å²) >= 11 is 0. The maximum Gasteiger partial charge on any atom is 0.287 e. The Balaban J connectivity index is 1.47. The number of aliphatic hydroxyl groups is 1. The molecule has 1 amide bonds. The highest BCUT2D eigenvalue weighted by Gasteiger charge is 2.42. The molecule has 5 heteroatoms. The number of carbonyl (C=O) groups excluding carboxylic acids is 1. The third-order valence-electron chi connectivity index (χ3n) is 8.31. The third-order valence-corrected chi connectivity index (χ3v) is 8.31. The minimum absolute atomic E-state index is 0.150. The highest BCUT2D eigenvalue weighted by Crippen LogP contribution is 2.49. The number of aliphatic hydroxyl groups excluding tert-OH is 1. The quantitative estimate of drug-likeness (QED) is 0.636. The number of hydrogen-bond acceptors (Lipinski definition) is 4. The molecule has 2 fully saturated rings. The first-order valence-electron chi connectivity index (χ1n) is 12.1. The van der Waals surface area contributed by atoms with Gasteiger partial charge in [0.25, 0.3) is 5.91 Å². The topological polar surface area (TPSA) is 71.7 Å². The first kappa shape index (κ1) is 20.9. The molecule has 2 aromatic rings. The summed E-state index contributed by atoms with van der Waals surface area (Å²) in [7, 11) is 0. The van der Waals surface area contributed by atoms with Gasteiger partial charge in [-0.15, -0.1) is 0 Å². The number of fused-ring (bicyclic) bond motifs is 3. The van der Waals surface area contributed by atoms with Crippen LogP contribution in [-0.4, -0.2) is 22.7 Å². The highest BCUT2D eigenvalue weighted by molar-refractivity contribution is 6.00. The van der Waals surface area contributed by atoms with Gasteiger partial charge in [-0.3, -0.25) is 4.79 Å². The summed E-state index contributed by atoms with van der Waals surface area (Å²) in [5.74, 6) is 2.03. The van der Waals surface area contributed by atoms with Gasteiger partial charge in [0.2, 0.25) is 0 Å². The average Bonchev–Trinajstić information content (AvgIpc) is 3.08. The lowest BCUT2D eigenvalue weighted by atomic mass is 9.77. The molecule has 2 heterocycles. The molecule has 1 aromatic heterocycles. The molecule has 5 nitrogen and oxygen atoms in total. The van der Waals surface area contributed by atoms with Crippen LogP contribution < -0.4 is 10.1 Å². The van der Waals surface area contributed by atoms with E-state index in [2.05, 4.69) is 19.2 Å². The van der Waals surface area contributed by atoms with Crippen LogP contribution in [0.15, 0.2) is 16.5 Å². The van der Waals surface area contributed by atoms with Crippen LogP contribution in [0, 0.1) is 18.8 Å². The summed E-state index contributed by atoms with van der Waals surface area (Å²) in [6, 6.07) is 3.97. The van der Waals surface area contributed by atoms with Crippen molar-refractivity contribution in [2.24, 2.45) is 11.8 Å². The van der Waals surface area contributed by atoms with Gasteiger partial charge in [0.15, 0.2) is 5.76 Å². The summed E-state index contributed by atoms with van der Waals surface area (Å²) < 4.78 is 12.5. The van der Waals surface area contributed by atoms with Crippen molar-refractivity contribution in [3.05, 3.63) is 29.0 Å². The fourth-order valence-electron chi connectivity index (χ4n) is 6.24. The number of hydrogen-bond donors (Lipinski definition) is 2. The SMILES string of the molecule is Cc1c(C(=O)N[C@@H]2CCC[C@H](C)[C@H]2C)oc2ccc3c(c12)[C@@H](O)CC1(CCCCC1)O3. The number of benzene rings is 1. The smallest absolute Gasteiger partial charge is 0.287 e. The van der Waals surface area contributed by atoms with Crippen molar-refractivity contribution in [3.8, 4) is 5.75 Å². The molecule has 168 valence electrons. The molecular formula is C26H35NO4. The number of aryl methyl sites for hydroxylation is 1. The molecule has 5 rings (SSSR count). The largest absolute Gasteiger partial charge is 0.487 e. The van der Waals surface area contributed by atoms with Crippen molar-refractivity contribution in [1.82, 2.24) is 5.32 Å². The third kappa shape index (κ3) is 3.55. The zero-order valence-corrected chi connectivity index (χ0v) is 19.0. The number of furan rings is 1. The minimum Gasteiger partial charge on any atom is -0.487 e. The van der Waals surface area contributed by atoms with Crippen LogP contribution in [-0.2, 0) is 0 Å². The van der Waals surface area contributed by atoms with Gasteiger partial charge >= 0.3 is 0 Å². The van der Waals surface area contributed by atoms with E-state index in [9.17, 15) is 9.90 Å². The minimum atomic E-state index is -0.600. The van der Waals surface area contributed by atoms with E-state index >= 15 is 0 Å². The van der Waals surface area contributed by atoms with E-state index in [1.54, 1.807) is 0 Å². The van der Waals surface area contributed by atoms with E-state index in [0.29, 0.717) is 29.6 Å². The van der Waals surface area contributed by atoms with Crippen LogP contribution in [0.4, 0.5) is 0 Å². The van der Waals surface area contributed by atoms with Crippen molar-refractivity contribution in [2.45, 2.75) is 96.3 Å². The molecule has 2 saturated carbocycles. The fourth-order valence-corrected chi connectivity index (χ4v) is 6.24. The Hall–Kier alpha value is -2.01. The van der Waals surface area contributed by atoms with Gasteiger partial charge in [-0.2, -0.15) is 0 Å². The Morgan fingerprint density at radius 2 is 1.90 bits per heavy atom. The van der Waals surface area contributed by atoms with Gasteiger partial charge in [0, 0.05) is 29.0 Å². The molecule has 4 atom stereocenters. The molecule has 1 aromatic carbocycles. The zero-order valence-electron chi connectivity index (χ0n) is 19.0. The van der Waals surface area contributed by atoms with Crippen molar-refractivity contribution < 1.29 is 19.1 Å². The summed E-state index contributed by atoms with van der Waals surface area (Å²) in [5, 5.41) is 15.2. The number of rotatable bonds is 2. The monoisotopic (exact) mass is 425 g/mol. The van der Waals surface area contributed by atoms with Crippen molar-refractivity contribution in [2.75, 3.05) is 0 Å². The first-order chi connectivity index (χ1) is 14.9. The Morgan fingerprint density at radius 1 is 1.13 bits per heavy atom. The first-order valence-corrected chi connectivity index (χ1v) is 12.1. The molecule has 2 N–H and O–H groups in total. The van der Waals surface area contributed by atoms with Crippen LogP contribution in [0.1, 0.15) is 99.4 Å². The van der Waals surface area contributed by atoms with Crippen molar-refractivity contribution in [3.63, 3.8) is 0 Å². The van der Waals surface area contributed by atoms with E-state index in [1.807, 2.05) is 19.1 Å². The maximum atomic E-state index is 13.1. The molecule has 31 heavy (non-hydrogen) atoms. The molecule has 1 spiro atoms. The van der Waals surface area contributed by atoms with Crippen LogP contribution in [0.5, 0.6) is 5.75 Å². The lowest BCUT2D eigenvalue weighted by molar-refractivity contribution is -0.0373. The Morgan fingerprint density at radius 3 is 2.68 bits per heavy atom. The second-order valence-corrected chi connectivity index (χ2v) is 10.3. The lowest BCUT2D eigenvalue weighted by Crippen LogP contribution is -2.43. The van der Waals surface area contributed by atoms with Gasteiger partial charge in [0.05, 0.1) is 6.10 Å². The molecular weight excluding hydrogens is 390 g/mol. The van der Waals surface area contributed by atoms with Crippen molar-refractivity contribution in [1.29, 1.82) is 0 Å². The van der Waals surface area contributed by atoms with E-state index in [4.69, 9.17) is 9.15 Å². The van der Waals surface area contributed by atoms with E-state index < -0.39 is 6.10 Å². The fraction of sp³-hybridized carbons (Fsp3) is 0.654. The predicted molar refractivity (Wildman–Crippen MR) is 120 cm³/mol. The van der Waals surface area contributed by atoms with Crippen LogP contribution >= 0.6 is 0 Å². The molecule has 0 radical (unpaired) electrons. The molecule has 1 aliphatic heterocycles. The van der Waals surface area contributed by atoms with Crippen LogP contribution in [0.25, 0.3) is 11.0 Å². The van der Waals surface area contributed by atoms with Gasteiger partial charge in [-0.25, -0.2) is 0 Å². The van der Waals surface area contributed by atoms with Crippen LogP contribution in [0.2, 0.25) is 0 Å².